The fourth-order valence-corrected chi connectivity index (χ4v) is 5.72. The zero-order valence-corrected chi connectivity index (χ0v) is 25.2. The van der Waals surface area contributed by atoms with Crippen molar-refractivity contribution in [2.45, 2.75) is 39.3 Å². The summed E-state index contributed by atoms with van der Waals surface area (Å²) in [4.78, 5) is 27.8. The topological polar surface area (TPSA) is 149 Å². The number of nitrogens with one attached hydrogen (secondary N) is 3. The minimum Gasteiger partial charge on any atom is -0.482 e. The number of methoxy groups -OCH3 is 1. The average molecular weight is 603 g/mol. The molecule has 0 spiro atoms. The Morgan fingerprint density at radius 1 is 1.35 bits per heavy atom. The van der Waals surface area contributed by atoms with Crippen LogP contribution in [0.4, 0.5) is 11.5 Å². The molecule has 3 N–H and O–H groups in total. The van der Waals surface area contributed by atoms with Gasteiger partial charge < -0.3 is 25.5 Å². The number of fused-ring (bicyclic) bond motifs is 1. The van der Waals surface area contributed by atoms with Crippen LogP contribution in [0.25, 0.3) is 11.1 Å². The SMILES string of the molecule is COCC1CNCCC1Nc1nc(CC(C)C)c(C#N)c(-c2ccc3c(c2)OCC(=O)N3Cc2ncc(Cl)cn2)c1C=N. The van der Waals surface area contributed by atoms with Crippen molar-refractivity contribution < 1.29 is 14.3 Å². The standard InChI is InChI=1S/C31H35ClN8O3/c1-18(2)8-25-22(10-33)30(23(11-34)31(39-25)38-24-6-7-35-12-20(24)16-42-3)19-4-5-26-27(9-19)43-17-29(41)40(26)15-28-36-13-21(32)14-37-28/h4-5,9,11,13-14,18,20,24,34-35H,6-8,12,15-17H2,1-3H3,(H,38,39). The molecular formula is C31H35ClN8O3. The molecule has 224 valence electrons. The van der Waals surface area contributed by atoms with E-state index < -0.39 is 0 Å². The minimum atomic E-state index is -0.223. The van der Waals surface area contributed by atoms with Crippen molar-refractivity contribution in [2.24, 2.45) is 11.8 Å². The molecule has 0 bridgehead atoms. The number of aromatic nitrogens is 3. The third kappa shape index (κ3) is 6.62. The highest BCUT2D eigenvalue weighted by molar-refractivity contribution is 6.30. The lowest BCUT2D eigenvalue weighted by molar-refractivity contribution is -0.121. The molecule has 0 saturated carbocycles. The number of ether oxygens (including phenoxy) is 2. The predicted molar refractivity (Wildman–Crippen MR) is 165 cm³/mol. The van der Waals surface area contributed by atoms with Gasteiger partial charge in [0.15, 0.2) is 6.61 Å². The van der Waals surface area contributed by atoms with Crippen molar-refractivity contribution in [3.05, 3.63) is 58.3 Å². The summed E-state index contributed by atoms with van der Waals surface area (Å²) in [6.07, 6.45) is 5.71. The highest BCUT2D eigenvalue weighted by Crippen LogP contribution is 2.40. The third-order valence-electron chi connectivity index (χ3n) is 7.64. The molecule has 2 aromatic heterocycles. The van der Waals surface area contributed by atoms with Crippen LogP contribution in [0.15, 0.2) is 30.6 Å². The number of pyridine rings is 1. The Morgan fingerprint density at radius 2 is 2.14 bits per heavy atom. The smallest absolute Gasteiger partial charge is 0.265 e. The fourth-order valence-electron chi connectivity index (χ4n) is 5.63. The van der Waals surface area contributed by atoms with Gasteiger partial charge in [-0.3, -0.25) is 9.69 Å². The molecule has 5 rings (SSSR count). The Morgan fingerprint density at radius 3 is 2.84 bits per heavy atom. The van der Waals surface area contributed by atoms with Crippen LogP contribution in [0.1, 0.15) is 42.9 Å². The van der Waals surface area contributed by atoms with Crippen LogP contribution in [-0.2, 0) is 22.5 Å². The second kappa shape index (κ2) is 13.5. The van der Waals surface area contributed by atoms with Crippen molar-refractivity contribution in [2.75, 3.05) is 43.6 Å². The Labute approximate surface area is 256 Å². The number of anilines is 2. The zero-order valence-electron chi connectivity index (χ0n) is 24.5. The quantitative estimate of drug-likeness (QED) is 0.290. The molecule has 1 saturated heterocycles. The van der Waals surface area contributed by atoms with E-state index in [1.165, 1.54) is 18.6 Å². The van der Waals surface area contributed by atoms with Gasteiger partial charge in [-0.15, -0.1) is 0 Å². The lowest BCUT2D eigenvalue weighted by Crippen LogP contribution is -2.46. The van der Waals surface area contributed by atoms with Crippen LogP contribution >= 0.6 is 11.6 Å². The summed E-state index contributed by atoms with van der Waals surface area (Å²) < 4.78 is 11.4. The van der Waals surface area contributed by atoms with Crippen LogP contribution < -0.4 is 20.3 Å². The number of carbonyl (C=O) groups is 1. The molecule has 3 aromatic rings. The summed E-state index contributed by atoms with van der Waals surface area (Å²) in [5.41, 5.74) is 3.50. The highest BCUT2D eigenvalue weighted by Gasteiger charge is 2.30. The van der Waals surface area contributed by atoms with E-state index >= 15 is 0 Å². The van der Waals surface area contributed by atoms with E-state index in [2.05, 4.69) is 40.5 Å². The van der Waals surface area contributed by atoms with E-state index in [-0.39, 0.29) is 36.9 Å². The number of piperidine rings is 1. The molecule has 11 nitrogen and oxygen atoms in total. The highest BCUT2D eigenvalue weighted by atomic mass is 35.5. The second-order valence-corrected chi connectivity index (χ2v) is 11.6. The Hall–Kier alpha value is -4.11. The number of nitrogens with zero attached hydrogens (tertiary/aromatic N) is 5. The molecule has 1 fully saturated rings. The molecule has 1 amide bonds. The first-order valence-corrected chi connectivity index (χ1v) is 14.7. The molecule has 0 aliphatic carbocycles. The van der Waals surface area contributed by atoms with E-state index in [9.17, 15) is 10.1 Å². The average Bonchev–Trinajstić information content (AvgIpc) is 3.00. The number of amides is 1. The minimum absolute atomic E-state index is 0.0848. The lowest BCUT2D eigenvalue weighted by Gasteiger charge is -2.33. The summed E-state index contributed by atoms with van der Waals surface area (Å²) in [5.74, 6) is 1.76. The monoisotopic (exact) mass is 602 g/mol. The van der Waals surface area contributed by atoms with Gasteiger partial charge in [0.05, 0.1) is 35.1 Å². The number of nitriles is 1. The number of halogens is 1. The van der Waals surface area contributed by atoms with Crippen LogP contribution in [-0.4, -0.2) is 66.5 Å². The summed E-state index contributed by atoms with van der Waals surface area (Å²) in [6.45, 7) is 6.44. The first kappa shape index (κ1) is 30.4. The number of hydrogen-bond acceptors (Lipinski definition) is 10. The third-order valence-corrected chi connectivity index (χ3v) is 7.84. The maximum atomic E-state index is 12.9. The fraction of sp³-hybridized carbons (Fsp3) is 0.419. The van der Waals surface area contributed by atoms with Crippen LogP contribution in [0.5, 0.6) is 5.75 Å². The summed E-state index contributed by atoms with van der Waals surface area (Å²) in [5, 5.41) is 26.3. The van der Waals surface area contributed by atoms with Gasteiger partial charge in [0.2, 0.25) is 0 Å². The van der Waals surface area contributed by atoms with Gasteiger partial charge in [0.1, 0.15) is 23.5 Å². The molecule has 2 atom stereocenters. The molecule has 1 aromatic carbocycles. The Bertz CT molecular complexity index is 1540. The zero-order chi connectivity index (χ0) is 30.5. The van der Waals surface area contributed by atoms with Crippen LogP contribution in [0.3, 0.4) is 0 Å². The van der Waals surface area contributed by atoms with Gasteiger partial charge in [0.25, 0.3) is 5.91 Å². The van der Waals surface area contributed by atoms with Gasteiger partial charge in [-0.2, -0.15) is 5.26 Å². The van der Waals surface area contributed by atoms with Gasteiger partial charge in [-0.25, -0.2) is 15.0 Å². The molecule has 43 heavy (non-hydrogen) atoms. The lowest BCUT2D eigenvalue weighted by atomic mass is 9.90. The van der Waals surface area contributed by atoms with Crippen molar-refractivity contribution in [1.82, 2.24) is 20.3 Å². The molecule has 4 heterocycles. The predicted octanol–water partition coefficient (Wildman–Crippen LogP) is 4.22. The van der Waals surface area contributed by atoms with Crippen molar-refractivity contribution in [3.63, 3.8) is 0 Å². The van der Waals surface area contributed by atoms with Crippen molar-refractivity contribution in [1.29, 1.82) is 10.7 Å². The first-order valence-electron chi connectivity index (χ1n) is 14.3. The molecule has 2 unspecified atom stereocenters. The number of carbonyl (C=O) groups excluding carboxylic acids is 1. The van der Waals surface area contributed by atoms with Crippen molar-refractivity contribution in [3.8, 4) is 22.9 Å². The van der Waals surface area contributed by atoms with Crippen LogP contribution in [0.2, 0.25) is 5.02 Å². The molecule has 2 aliphatic rings. The number of hydrogen-bond donors (Lipinski definition) is 3. The van der Waals surface area contributed by atoms with E-state index in [1.54, 1.807) is 18.1 Å². The maximum absolute atomic E-state index is 12.9. The number of rotatable bonds is 10. The molecular weight excluding hydrogens is 568 g/mol. The maximum Gasteiger partial charge on any atom is 0.265 e. The Kier molecular flexibility index (Phi) is 9.50. The first-order chi connectivity index (χ1) is 20.8. The second-order valence-electron chi connectivity index (χ2n) is 11.2. The van der Waals surface area contributed by atoms with Crippen LogP contribution in [0, 0.1) is 28.6 Å². The normalized spacial score (nSPS) is 18.1. The van der Waals surface area contributed by atoms with Crippen molar-refractivity contribution >= 4 is 35.2 Å². The summed E-state index contributed by atoms with van der Waals surface area (Å²) in [7, 11) is 1.70. The molecule has 2 aliphatic heterocycles. The Balaban J connectivity index is 1.59. The number of benzene rings is 1. The van der Waals surface area contributed by atoms with Gasteiger partial charge in [-0.1, -0.05) is 31.5 Å². The largest absolute Gasteiger partial charge is 0.482 e. The molecule has 0 radical (unpaired) electrons. The van der Waals surface area contributed by atoms with Gasteiger partial charge in [0, 0.05) is 55.3 Å². The summed E-state index contributed by atoms with van der Waals surface area (Å²) in [6, 6.07) is 7.93. The molecule has 12 heteroatoms. The van der Waals surface area contributed by atoms with E-state index in [4.69, 9.17) is 31.5 Å². The van der Waals surface area contributed by atoms with E-state index in [1.807, 2.05) is 12.1 Å². The van der Waals surface area contributed by atoms with E-state index in [0.717, 1.165) is 19.5 Å². The van der Waals surface area contributed by atoms with E-state index in [0.29, 0.717) is 69.1 Å². The summed E-state index contributed by atoms with van der Waals surface area (Å²) >= 11 is 5.93. The van der Waals surface area contributed by atoms with Gasteiger partial charge >= 0.3 is 0 Å². The van der Waals surface area contributed by atoms with Gasteiger partial charge in [-0.05, 0) is 43.0 Å².